The summed E-state index contributed by atoms with van der Waals surface area (Å²) in [7, 11) is -2.19. The molecule has 2 aromatic carbocycles. The SMILES string of the molecule is COCCOc1ccc(S(=O)(=O)Nc2cccc(Oc3cnccn3)c2)cc1C. The maximum absolute atomic E-state index is 12.8. The van der Waals surface area contributed by atoms with Crippen LogP contribution in [0.3, 0.4) is 0 Å². The molecule has 1 N–H and O–H groups in total. The molecule has 3 aromatic rings. The number of ether oxygens (including phenoxy) is 3. The summed E-state index contributed by atoms with van der Waals surface area (Å²) in [5, 5.41) is 0. The van der Waals surface area contributed by atoms with Gasteiger partial charge in [-0.2, -0.15) is 0 Å². The van der Waals surface area contributed by atoms with E-state index in [1.807, 2.05) is 0 Å². The van der Waals surface area contributed by atoms with Gasteiger partial charge in [-0.1, -0.05) is 6.07 Å². The summed E-state index contributed by atoms with van der Waals surface area (Å²) in [4.78, 5) is 8.09. The van der Waals surface area contributed by atoms with Gasteiger partial charge in [-0.25, -0.2) is 13.4 Å². The molecular formula is C20H21N3O5S. The molecule has 8 nitrogen and oxygen atoms in total. The Bertz CT molecular complexity index is 1060. The number of methoxy groups -OCH3 is 1. The van der Waals surface area contributed by atoms with Crippen molar-refractivity contribution in [3.05, 3.63) is 66.6 Å². The number of benzene rings is 2. The monoisotopic (exact) mass is 415 g/mol. The Morgan fingerprint density at radius 1 is 1.07 bits per heavy atom. The molecule has 0 amide bonds. The van der Waals surface area contributed by atoms with E-state index in [2.05, 4.69) is 14.7 Å². The fraction of sp³-hybridized carbons (Fsp3) is 0.200. The summed E-state index contributed by atoms with van der Waals surface area (Å²) in [5.41, 5.74) is 1.08. The van der Waals surface area contributed by atoms with Gasteiger partial charge in [0.05, 0.1) is 23.4 Å². The summed E-state index contributed by atoms with van der Waals surface area (Å²) in [6.07, 6.45) is 4.51. The van der Waals surface area contributed by atoms with E-state index in [-0.39, 0.29) is 4.90 Å². The summed E-state index contributed by atoms with van der Waals surface area (Å²) in [6, 6.07) is 11.3. The molecule has 0 aliphatic carbocycles. The molecular weight excluding hydrogens is 394 g/mol. The first-order chi connectivity index (χ1) is 14.0. The van der Waals surface area contributed by atoms with E-state index in [0.29, 0.717) is 41.8 Å². The third-order valence-electron chi connectivity index (χ3n) is 3.85. The zero-order valence-corrected chi connectivity index (χ0v) is 16.8. The van der Waals surface area contributed by atoms with Gasteiger partial charge in [0.2, 0.25) is 5.88 Å². The number of aryl methyl sites for hydroxylation is 1. The van der Waals surface area contributed by atoms with Gasteiger partial charge in [-0.15, -0.1) is 0 Å². The molecule has 152 valence electrons. The molecule has 0 aliphatic rings. The second-order valence-corrected chi connectivity index (χ2v) is 7.73. The molecule has 29 heavy (non-hydrogen) atoms. The van der Waals surface area contributed by atoms with E-state index in [4.69, 9.17) is 14.2 Å². The zero-order chi connectivity index (χ0) is 20.7. The van der Waals surface area contributed by atoms with Crippen molar-refractivity contribution in [1.29, 1.82) is 0 Å². The number of anilines is 1. The molecule has 0 radical (unpaired) electrons. The fourth-order valence-corrected chi connectivity index (χ4v) is 3.62. The molecule has 0 saturated carbocycles. The van der Waals surface area contributed by atoms with Crippen LogP contribution in [-0.4, -0.2) is 38.7 Å². The van der Waals surface area contributed by atoms with E-state index < -0.39 is 10.0 Å². The molecule has 0 saturated heterocycles. The van der Waals surface area contributed by atoms with Gasteiger partial charge in [0, 0.05) is 25.6 Å². The summed E-state index contributed by atoms with van der Waals surface area (Å²) >= 11 is 0. The first-order valence-corrected chi connectivity index (χ1v) is 10.3. The number of hydrogen-bond acceptors (Lipinski definition) is 7. The third-order valence-corrected chi connectivity index (χ3v) is 5.23. The Hall–Kier alpha value is -3.17. The smallest absolute Gasteiger partial charge is 0.261 e. The van der Waals surface area contributed by atoms with Crippen LogP contribution in [0.5, 0.6) is 17.4 Å². The van der Waals surface area contributed by atoms with Crippen LogP contribution in [-0.2, 0) is 14.8 Å². The second kappa shape index (κ2) is 9.35. The Kier molecular flexibility index (Phi) is 6.63. The minimum Gasteiger partial charge on any atom is -0.491 e. The highest BCUT2D eigenvalue weighted by atomic mass is 32.2. The summed E-state index contributed by atoms with van der Waals surface area (Å²) < 4.78 is 44.2. The minimum absolute atomic E-state index is 0.134. The van der Waals surface area contributed by atoms with Crippen LogP contribution in [0.1, 0.15) is 5.56 Å². The minimum atomic E-state index is -3.78. The topological polar surface area (TPSA) is 99.6 Å². The molecule has 9 heteroatoms. The van der Waals surface area contributed by atoms with Crippen LogP contribution in [0, 0.1) is 6.92 Å². The average Bonchev–Trinajstić information content (AvgIpc) is 2.70. The summed E-state index contributed by atoms with van der Waals surface area (Å²) in [6.45, 7) is 2.63. The molecule has 1 aromatic heterocycles. The van der Waals surface area contributed by atoms with Crippen LogP contribution >= 0.6 is 0 Å². The lowest BCUT2D eigenvalue weighted by molar-refractivity contribution is 0.146. The molecule has 0 atom stereocenters. The number of aromatic nitrogens is 2. The van der Waals surface area contributed by atoms with Gasteiger partial charge in [-0.05, 0) is 42.8 Å². The largest absolute Gasteiger partial charge is 0.491 e. The first-order valence-electron chi connectivity index (χ1n) is 8.77. The van der Waals surface area contributed by atoms with Crippen molar-refractivity contribution in [3.8, 4) is 17.4 Å². The van der Waals surface area contributed by atoms with Crippen LogP contribution in [0.15, 0.2) is 66.0 Å². The summed E-state index contributed by atoms with van der Waals surface area (Å²) in [5.74, 6) is 1.36. The van der Waals surface area contributed by atoms with Crippen molar-refractivity contribution < 1.29 is 22.6 Å². The maximum Gasteiger partial charge on any atom is 0.261 e. The third kappa shape index (κ3) is 5.66. The standard InChI is InChI=1S/C20H21N3O5S/c1-15-12-18(6-7-19(15)27-11-10-26-2)29(24,25)23-16-4-3-5-17(13-16)28-20-14-21-8-9-22-20/h3-9,12-14,23H,10-11H2,1-2H3. The van der Waals surface area contributed by atoms with Crippen molar-refractivity contribution in [2.75, 3.05) is 25.0 Å². The Morgan fingerprint density at radius 3 is 2.66 bits per heavy atom. The average molecular weight is 415 g/mol. The van der Waals surface area contributed by atoms with E-state index in [9.17, 15) is 8.42 Å². The molecule has 1 heterocycles. The normalized spacial score (nSPS) is 11.1. The van der Waals surface area contributed by atoms with Crippen LogP contribution in [0.25, 0.3) is 0 Å². The van der Waals surface area contributed by atoms with Crippen molar-refractivity contribution in [3.63, 3.8) is 0 Å². The Morgan fingerprint density at radius 2 is 1.93 bits per heavy atom. The van der Waals surface area contributed by atoms with Crippen LogP contribution in [0.4, 0.5) is 5.69 Å². The van der Waals surface area contributed by atoms with Crippen LogP contribution in [0.2, 0.25) is 0 Å². The molecule has 0 bridgehead atoms. The highest BCUT2D eigenvalue weighted by Crippen LogP contribution is 2.26. The van der Waals surface area contributed by atoms with Crippen molar-refractivity contribution in [1.82, 2.24) is 9.97 Å². The van der Waals surface area contributed by atoms with Gasteiger partial charge in [-0.3, -0.25) is 9.71 Å². The van der Waals surface area contributed by atoms with Gasteiger partial charge in [0.15, 0.2) is 0 Å². The zero-order valence-electron chi connectivity index (χ0n) is 16.0. The van der Waals surface area contributed by atoms with E-state index in [0.717, 1.165) is 0 Å². The fourth-order valence-electron chi connectivity index (χ4n) is 2.48. The highest BCUT2D eigenvalue weighted by molar-refractivity contribution is 7.92. The predicted octanol–water partition coefficient (Wildman–Crippen LogP) is 3.40. The molecule has 0 spiro atoms. The number of sulfonamides is 1. The van der Waals surface area contributed by atoms with Crippen molar-refractivity contribution in [2.24, 2.45) is 0 Å². The van der Waals surface area contributed by atoms with Gasteiger partial charge >= 0.3 is 0 Å². The predicted molar refractivity (Wildman–Crippen MR) is 108 cm³/mol. The lowest BCUT2D eigenvalue weighted by atomic mass is 10.2. The first kappa shape index (κ1) is 20.6. The number of hydrogen-bond donors (Lipinski definition) is 1. The van der Waals surface area contributed by atoms with Crippen molar-refractivity contribution >= 4 is 15.7 Å². The Balaban J connectivity index is 1.74. The quantitative estimate of drug-likeness (QED) is 0.535. The molecule has 0 unspecified atom stereocenters. The van der Waals surface area contributed by atoms with E-state index >= 15 is 0 Å². The second-order valence-electron chi connectivity index (χ2n) is 6.05. The van der Waals surface area contributed by atoms with Crippen molar-refractivity contribution in [2.45, 2.75) is 11.8 Å². The van der Waals surface area contributed by atoms with Gasteiger partial charge in [0.1, 0.15) is 18.1 Å². The van der Waals surface area contributed by atoms with E-state index in [1.54, 1.807) is 50.4 Å². The van der Waals surface area contributed by atoms with E-state index in [1.165, 1.54) is 24.7 Å². The molecule has 3 rings (SSSR count). The van der Waals surface area contributed by atoms with Gasteiger partial charge < -0.3 is 14.2 Å². The molecule has 0 aliphatic heterocycles. The number of nitrogens with one attached hydrogen (secondary N) is 1. The van der Waals surface area contributed by atoms with Crippen LogP contribution < -0.4 is 14.2 Å². The number of rotatable bonds is 9. The lowest BCUT2D eigenvalue weighted by Gasteiger charge is -2.12. The van der Waals surface area contributed by atoms with Gasteiger partial charge in [0.25, 0.3) is 10.0 Å². The number of nitrogens with zero attached hydrogens (tertiary/aromatic N) is 2. The Labute approximate surface area is 169 Å². The molecule has 0 fully saturated rings. The lowest BCUT2D eigenvalue weighted by Crippen LogP contribution is -2.13. The maximum atomic E-state index is 12.8. The highest BCUT2D eigenvalue weighted by Gasteiger charge is 2.16.